The number of hydrogen-bond donors (Lipinski definition) is 1. The second kappa shape index (κ2) is 3.21. The molecule has 0 aromatic heterocycles. The molecule has 0 aliphatic heterocycles. The number of hydrogen-bond acceptors (Lipinski definition) is 3. The zero-order valence-electron chi connectivity index (χ0n) is 6.07. The van der Waals surface area contributed by atoms with E-state index in [0.717, 1.165) is 5.46 Å². The number of benzene rings is 1. The molecule has 3 nitrogen and oxygen atoms in total. The van der Waals surface area contributed by atoms with E-state index < -0.39 is 5.97 Å². The van der Waals surface area contributed by atoms with Gasteiger partial charge < -0.3 is 0 Å². The quantitative estimate of drug-likeness (QED) is 0.335. The molecule has 0 atom stereocenters. The summed E-state index contributed by atoms with van der Waals surface area (Å²) in [6.07, 6.45) is 0. The van der Waals surface area contributed by atoms with Gasteiger partial charge in [-0.15, -0.1) is 0 Å². The van der Waals surface area contributed by atoms with Crippen LogP contribution in [0.3, 0.4) is 0 Å². The Balaban J connectivity index is 2.90. The van der Waals surface area contributed by atoms with E-state index in [4.69, 9.17) is 5.26 Å². The fourth-order valence-electron chi connectivity index (χ4n) is 0.742. The summed E-state index contributed by atoms with van der Waals surface area (Å²) >= 11 is 0. The van der Waals surface area contributed by atoms with Crippen LogP contribution < -0.4 is 5.46 Å². The molecule has 0 spiro atoms. The Labute approximate surface area is 64.9 Å². The molecule has 0 saturated carbocycles. The van der Waals surface area contributed by atoms with Gasteiger partial charge in [0.15, 0.2) is 0 Å². The smallest absolute Gasteiger partial charge is 0.296 e. The maximum absolute atomic E-state index is 10.7. The average Bonchev–Trinajstić information content (AvgIpc) is 2.05. The van der Waals surface area contributed by atoms with Gasteiger partial charge in [-0.1, -0.05) is 17.6 Å². The first-order chi connectivity index (χ1) is 5.24. The second-order valence-corrected chi connectivity index (χ2v) is 2.24. The van der Waals surface area contributed by atoms with Crippen molar-refractivity contribution in [2.24, 2.45) is 0 Å². The highest BCUT2D eigenvalue weighted by molar-refractivity contribution is 6.32. The van der Waals surface area contributed by atoms with Crippen LogP contribution in [-0.4, -0.2) is 19.1 Å². The standard InChI is InChI=1S/C7H7BO3/c8-6-3-1-5(2-4-6)7(9)11-10/h1-4,10H,8H2. The largest absolute Gasteiger partial charge is 0.372 e. The summed E-state index contributed by atoms with van der Waals surface area (Å²) in [6, 6.07) is 6.72. The first kappa shape index (κ1) is 7.82. The maximum atomic E-state index is 10.7. The van der Waals surface area contributed by atoms with Crippen molar-refractivity contribution in [1.29, 1.82) is 0 Å². The summed E-state index contributed by atoms with van der Waals surface area (Å²) in [5.41, 5.74) is 1.40. The van der Waals surface area contributed by atoms with E-state index in [-0.39, 0.29) is 0 Å². The van der Waals surface area contributed by atoms with Crippen LogP contribution >= 0.6 is 0 Å². The number of rotatable bonds is 1. The van der Waals surface area contributed by atoms with Crippen molar-refractivity contribution in [3.8, 4) is 0 Å². The summed E-state index contributed by atoms with van der Waals surface area (Å²) in [6.45, 7) is 0. The molecule has 4 heteroatoms. The summed E-state index contributed by atoms with van der Waals surface area (Å²) in [4.78, 5) is 14.2. The maximum Gasteiger partial charge on any atom is 0.372 e. The van der Waals surface area contributed by atoms with Gasteiger partial charge in [0, 0.05) is 0 Å². The Bertz CT molecular complexity index is 255. The molecule has 0 radical (unpaired) electrons. The molecule has 0 aliphatic carbocycles. The molecular formula is C7H7BO3. The Morgan fingerprint density at radius 1 is 1.36 bits per heavy atom. The SMILES string of the molecule is Bc1ccc(C(=O)OO)cc1. The van der Waals surface area contributed by atoms with Gasteiger partial charge in [-0.05, 0) is 12.1 Å². The Hall–Kier alpha value is -1.29. The fourth-order valence-corrected chi connectivity index (χ4v) is 0.742. The van der Waals surface area contributed by atoms with Crippen LogP contribution in [-0.2, 0) is 4.89 Å². The first-order valence-electron chi connectivity index (χ1n) is 3.16. The molecule has 0 unspecified atom stereocenters. The van der Waals surface area contributed by atoms with Crippen molar-refractivity contribution in [2.75, 3.05) is 0 Å². The summed E-state index contributed by atoms with van der Waals surface area (Å²) < 4.78 is 0. The predicted molar refractivity (Wildman–Crippen MR) is 42.7 cm³/mol. The van der Waals surface area contributed by atoms with E-state index in [9.17, 15) is 4.79 Å². The highest BCUT2D eigenvalue weighted by Gasteiger charge is 2.03. The van der Waals surface area contributed by atoms with Crippen molar-refractivity contribution in [3.63, 3.8) is 0 Å². The molecule has 1 N–H and O–H groups in total. The highest BCUT2D eigenvalue weighted by atomic mass is 17.1. The van der Waals surface area contributed by atoms with Crippen molar-refractivity contribution in [1.82, 2.24) is 0 Å². The molecular weight excluding hydrogens is 143 g/mol. The Kier molecular flexibility index (Phi) is 2.28. The summed E-state index contributed by atoms with van der Waals surface area (Å²) in [7, 11) is 1.91. The van der Waals surface area contributed by atoms with E-state index >= 15 is 0 Å². The van der Waals surface area contributed by atoms with Crippen LogP contribution in [0.15, 0.2) is 24.3 Å². The molecule has 0 aliphatic rings. The number of carbonyl (C=O) groups is 1. The van der Waals surface area contributed by atoms with Crippen molar-refractivity contribution < 1.29 is 14.9 Å². The van der Waals surface area contributed by atoms with Gasteiger partial charge in [0.1, 0.15) is 7.85 Å². The molecule has 0 bridgehead atoms. The van der Waals surface area contributed by atoms with Gasteiger partial charge in [0.05, 0.1) is 5.56 Å². The minimum atomic E-state index is -0.731. The normalized spacial score (nSPS) is 9.18. The van der Waals surface area contributed by atoms with E-state index in [2.05, 4.69) is 4.89 Å². The van der Waals surface area contributed by atoms with Crippen LogP contribution in [0.4, 0.5) is 0 Å². The van der Waals surface area contributed by atoms with Gasteiger partial charge in [-0.2, -0.15) is 5.26 Å². The molecule has 0 amide bonds. The number of carbonyl (C=O) groups excluding carboxylic acids is 1. The van der Waals surface area contributed by atoms with Crippen molar-refractivity contribution in [3.05, 3.63) is 29.8 Å². The minimum Gasteiger partial charge on any atom is -0.296 e. The zero-order chi connectivity index (χ0) is 8.27. The monoisotopic (exact) mass is 150 g/mol. The second-order valence-electron chi connectivity index (χ2n) is 2.24. The van der Waals surface area contributed by atoms with Crippen molar-refractivity contribution in [2.45, 2.75) is 0 Å². The molecule has 0 saturated heterocycles. The Morgan fingerprint density at radius 3 is 2.36 bits per heavy atom. The van der Waals surface area contributed by atoms with Crippen LogP contribution in [0, 0.1) is 0 Å². The molecule has 11 heavy (non-hydrogen) atoms. The fraction of sp³-hybridized carbons (Fsp3) is 0. The molecule has 1 aromatic carbocycles. The lowest BCUT2D eigenvalue weighted by Crippen LogP contribution is -2.05. The summed E-state index contributed by atoms with van der Waals surface area (Å²) in [5.74, 6) is -0.731. The molecule has 1 rings (SSSR count). The lowest BCUT2D eigenvalue weighted by Gasteiger charge is -1.95. The molecule has 56 valence electrons. The van der Waals surface area contributed by atoms with Gasteiger partial charge in [0.2, 0.25) is 0 Å². The lowest BCUT2D eigenvalue weighted by molar-refractivity contribution is -0.182. The van der Waals surface area contributed by atoms with Crippen LogP contribution in [0.1, 0.15) is 10.4 Å². The van der Waals surface area contributed by atoms with Gasteiger partial charge in [-0.3, -0.25) is 4.89 Å². The predicted octanol–water partition coefficient (Wildman–Crippen LogP) is -0.425. The molecule has 0 fully saturated rings. The van der Waals surface area contributed by atoms with Crippen LogP contribution in [0.2, 0.25) is 0 Å². The van der Waals surface area contributed by atoms with Gasteiger partial charge in [-0.25, -0.2) is 4.79 Å². The third-order valence-electron chi connectivity index (χ3n) is 1.37. The minimum absolute atomic E-state index is 0.345. The Morgan fingerprint density at radius 2 is 1.91 bits per heavy atom. The van der Waals surface area contributed by atoms with Crippen LogP contribution in [0.25, 0.3) is 0 Å². The molecule has 1 aromatic rings. The highest BCUT2D eigenvalue weighted by Crippen LogP contribution is 1.97. The zero-order valence-corrected chi connectivity index (χ0v) is 6.07. The van der Waals surface area contributed by atoms with Gasteiger partial charge >= 0.3 is 5.97 Å². The first-order valence-corrected chi connectivity index (χ1v) is 3.16. The third kappa shape index (κ3) is 1.81. The topological polar surface area (TPSA) is 46.5 Å². The van der Waals surface area contributed by atoms with Crippen molar-refractivity contribution >= 4 is 19.3 Å². The van der Waals surface area contributed by atoms with Gasteiger partial charge in [0.25, 0.3) is 0 Å². The average molecular weight is 150 g/mol. The van der Waals surface area contributed by atoms with E-state index in [1.54, 1.807) is 24.3 Å². The summed E-state index contributed by atoms with van der Waals surface area (Å²) in [5, 5.41) is 8.01. The van der Waals surface area contributed by atoms with Crippen LogP contribution in [0.5, 0.6) is 0 Å². The van der Waals surface area contributed by atoms with E-state index in [0.29, 0.717) is 5.56 Å². The van der Waals surface area contributed by atoms with E-state index in [1.165, 1.54) is 0 Å². The third-order valence-corrected chi connectivity index (χ3v) is 1.37. The lowest BCUT2D eigenvalue weighted by atomic mass is 9.95. The molecule has 0 heterocycles. The van der Waals surface area contributed by atoms with E-state index in [1.807, 2.05) is 7.85 Å².